The van der Waals surface area contributed by atoms with Crippen LogP contribution in [0.3, 0.4) is 0 Å². The van der Waals surface area contributed by atoms with Gasteiger partial charge in [-0.2, -0.15) is 5.26 Å². The van der Waals surface area contributed by atoms with Crippen LogP contribution in [0.25, 0.3) is 0 Å². The molecule has 0 aromatic heterocycles. The molecule has 0 radical (unpaired) electrons. The molecule has 0 spiro atoms. The highest BCUT2D eigenvalue weighted by Crippen LogP contribution is 2.30. The standard InChI is InChI=1S/C19H20N2O4/c1-21(19(22)23)11-10-17(14-6-4-3-5-7-14)25-18-12-16(24-2)9-8-15(18)13-20/h3-9,12,17H,10-11H2,1-2H3,(H,22,23)/t17-/m1/s1. The van der Waals surface area contributed by atoms with E-state index in [4.69, 9.17) is 14.6 Å². The third-order valence-electron chi connectivity index (χ3n) is 3.80. The molecule has 2 rings (SSSR count). The van der Waals surface area contributed by atoms with Gasteiger partial charge in [-0.25, -0.2) is 4.79 Å². The van der Waals surface area contributed by atoms with Gasteiger partial charge in [0.1, 0.15) is 23.7 Å². The topological polar surface area (TPSA) is 82.8 Å². The summed E-state index contributed by atoms with van der Waals surface area (Å²) in [7, 11) is 3.05. The molecule has 0 aliphatic heterocycles. The Labute approximate surface area is 146 Å². The quantitative estimate of drug-likeness (QED) is 0.831. The molecule has 0 saturated heterocycles. The zero-order valence-electron chi connectivity index (χ0n) is 14.2. The summed E-state index contributed by atoms with van der Waals surface area (Å²) < 4.78 is 11.3. The summed E-state index contributed by atoms with van der Waals surface area (Å²) >= 11 is 0. The van der Waals surface area contributed by atoms with Gasteiger partial charge in [-0.05, 0) is 17.7 Å². The minimum absolute atomic E-state index is 0.306. The summed E-state index contributed by atoms with van der Waals surface area (Å²) in [6.07, 6.45) is -0.928. The van der Waals surface area contributed by atoms with Crippen molar-refractivity contribution in [3.63, 3.8) is 0 Å². The van der Waals surface area contributed by atoms with E-state index in [-0.39, 0.29) is 6.10 Å². The highest BCUT2D eigenvalue weighted by Gasteiger charge is 2.18. The molecule has 25 heavy (non-hydrogen) atoms. The van der Waals surface area contributed by atoms with Gasteiger partial charge in [-0.3, -0.25) is 0 Å². The van der Waals surface area contributed by atoms with Crippen LogP contribution in [-0.2, 0) is 0 Å². The second-order valence-electron chi connectivity index (χ2n) is 5.48. The molecule has 130 valence electrons. The fraction of sp³-hybridized carbons (Fsp3) is 0.263. The van der Waals surface area contributed by atoms with E-state index in [0.717, 1.165) is 5.56 Å². The Morgan fingerprint density at radius 2 is 2.00 bits per heavy atom. The van der Waals surface area contributed by atoms with E-state index in [9.17, 15) is 10.1 Å². The van der Waals surface area contributed by atoms with Crippen LogP contribution < -0.4 is 9.47 Å². The maximum absolute atomic E-state index is 11.0. The van der Waals surface area contributed by atoms with E-state index in [2.05, 4.69) is 6.07 Å². The zero-order valence-corrected chi connectivity index (χ0v) is 14.2. The van der Waals surface area contributed by atoms with Gasteiger partial charge in [0, 0.05) is 26.1 Å². The van der Waals surface area contributed by atoms with Crippen molar-refractivity contribution in [2.75, 3.05) is 20.7 Å². The number of carbonyl (C=O) groups is 1. The predicted octanol–water partition coefficient (Wildman–Crippen LogP) is 3.69. The molecule has 1 atom stereocenters. The normalized spacial score (nSPS) is 11.2. The lowest BCUT2D eigenvalue weighted by molar-refractivity contribution is 0.140. The highest BCUT2D eigenvalue weighted by molar-refractivity contribution is 5.64. The number of methoxy groups -OCH3 is 1. The number of amides is 1. The number of nitrogens with zero attached hydrogens (tertiary/aromatic N) is 2. The first-order valence-corrected chi connectivity index (χ1v) is 7.79. The number of ether oxygens (including phenoxy) is 2. The third-order valence-corrected chi connectivity index (χ3v) is 3.80. The zero-order chi connectivity index (χ0) is 18.2. The maximum Gasteiger partial charge on any atom is 0.407 e. The molecule has 0 unspecified atom stereocenters. The van der Waals surface area contributed by atoms with Crippen LogP contribution in [0.4, 0.5) is 4.79 Å². The van der Waals surface area contributed by atoms with Crippen LogP contribution in [0, 0.1) is 11.3 Å². The van der Waals surface area contributed by atoms with Gasteiger partial charge in [0.25, 0.3) is 0 Å². The number of hydrogen-bond donors (Lipinski definition) is 1. The molecule has 1 amide bonds. The molecule has 1 N–H and O–H groups in total. The van der Waals surface area contributed by atoms with Crippen molar-refractivity contribution in [1.29, 1.82) is 5.26 Å². The largest absolute Gasteiger partial charge is 0.497 e. The van der Waals surface area contributed by atoms with Gasteiger partial charge in [0.15, 0.2) is 0 Å². The summed E-state index contributed by atoms with van der Waals surface area (Å²) in [6.45, 7) is 0.306. The Bertz CT molecular complexity index is 756. The molecule has 0 aliphatic carbocycles. The predicted molar refractivity (Wildman–Crippen MR) is 92.8 cm³/mol. The Balaban J connectivity index is 2.27. The Hall–Kier alpha value is -3.20. The summed E-state index contributed by atoms with van der Waals surface area (Å²) in [5.41, 5.74) is 1.31. The monoisotopic (exact) mass is 340 g/mol. The van der Waals surface area contributed by atoms with Crippen LogP contribution in [0.15, 0.2) is 48.5 Å². The van der Waals surface area contributed by atoms with Crippen LogP contribution >= 0.6 is 0 Å². The number of nitriles is 1. The van der Waals surface area contributed by atoms with Gasteiger partial charge in [-0.15, -0.1) is 0 Å². The van der Waals surface area contributed by atoms with Gasteiger partial charge in [0.05, 0.1) is 12.7 Å². The van der Waals surface area contributed by atoms with E-state index < -0.39 is 6.09 Å². The summed E-state index contributed by atoms with van der Waals surface area (Å²) in [4.78, 5) is 12.2. The van der Waals surface area contributed by atoms with E-state index >= 15 is 0 Å². The van der Waals surface area contributed by atoms with Gasteiger partial charge >= 0.3 is 6.09 Å². The van der Waals surface area contributed by atoms with E-state index in [1.54, 1.807) is 25.3 Å². The first-order valence-electron chi connectivity index (χ1n) is 7.79. The Morgan fingerprint density at radius 1 is 1.28 bits per heavy atom. The molecule has 2 aromatic rings. The molecule has 6 nitrogen and oxygen atoms in total. The average Bonchev–Trinajstić information content (AvgIpc) is 2.65. The average molecular weight is 340 g/mol. The number of benzene rings is 2. The lowest BCUT2D eigenvalue weighted by Crippen LogP contribution is -2.27. The molecule has 0 heterocycles. The maximum atomic E-state index is 11.0. The highest BCUT2D eigenvalue weighted by atomic mass is 16.5. The van der Waals surface area contributed by atoms with Crippen molar-refractivity contribution < 1.29 is 19.4 Å². The summed E-state index contributed by atoms with van der Waals surface area (Å²) in [5, 5.41) is 18.3. The van der Waals surface area contributed by atoms with Crippen LogP contribution in [-0.4, -0.2) is 36.8 Å². The molecule has 2 aromatic carbocycles. The molecule has 0 aliphatic rings. The van der Waals surface area contributed by atoms with Crippen LogP contribution in [0.5, 0.6) is 11.5 Å². The van der Waals surface area contributed by atoms with E-state index in [1.165, 1.54) is 11.9 Å². The third kappa shape index (κ3) is 4.88. The Kier molecular flexibility index (Phi) is 6.24. The second kappa shape index (κ2) is 8.60. The van der Waals surface area contributed by atoms with E-state index in [1.807, 2.05) is 30.3 Å². The van der Waals surface area contributed by atoms with Crippen molar-refractivity contribution in [2.24, 2.45) is 0 Å². The first kappa shape index (κ1) is 18.1. The lowest BCUT2D eigenvalue weighted by atomic mass is 10.1. The van der Waals surface area contributed by atoms with Gasteiger partial charge in [-0.1, -0.05) is 30.3 Å². The van der Waals surface area contributed by atoms with Crippen molar-refractivity contribution in [3.05, 3.63) is 59.7 Å². The van der Waals surface area contributed by atoms with E-state index in [0.29, 0.717) is 30.0 Å². The minimum Gasteiger partial charge on any atom is -0.497 e. The Morgan fingerprint density at radius 3 is 2.60 bits per heavy atom. The van der Waals surface area contributed by atoms with Crippen molar-refractivity contribution >= 4 is 6.09 Å². The fourth-order valence-corrected chi connectivity index (χ4v) is 2.34. The van der Waals surface area contributed by atoms with Gasteiger partial charge in [0.2, 0.25) is 0 Å². The van der Waals surface area contributed by atoms with Crippen molar-refractivity contribution in [1.82, 2.24) is 4.90 Å². The number of carboxylic acid groups (broad SMARTS) is 1. The molecule has 0 bridgehead atoms. The molecular formula is C19H20N2O4. The van der Waals surface area contributed by atoms with Crippen molar-refractivity contribution in [3.8, 4) is 17.6 Å². The van der Waals surface area contributed by atoms with Crippen LogP contribution in [0.2, 0.25) is 0 Å². The smallest absolute Gasteiger partial charge is 0.407 e. The summed E-state index contributed by atoms with van der Waals surface area (Å²) in [6, 6.07) is 16.6. The molecular weight excluding hydrogens is 320 g/mol. The molecule has 0 saturated carbocycles. The number of hydrogen-bond acceptors (Lipinski definition) is 4. The van der Waals surface area contributed by atoms with Crippen LogP contribution in [0.1, 0.15) is 23.7 Å². The fourth-order valence-electron chi connectivity index (χ4n) is 2.34. The minimum atomic E-state index is -0.995. The first-order chi connectivity index (χ1) is 12.0. The second-order valence-corrected chi connectivity index (χ2v) is 5.48. The van der Waals surface area contributed by atoms with Gasteiger partial charge < -0.3 is 19.5 Å². The number of rotatable bonds is 7. The molecule has 0 fully saturated rings. The van der Waals surface area contributed by atoms with Crippen molar-refractivity contribution in [2.45, 2.75) is 12.5 Å². The lowest BCUT2D eigenvalue weighted by Gasteiger charge is -2.23. The summed E-state index contributed by atoms with van der Waals surface area (Å²) in [5.74, 6) is 0.997. The SMILES string of the molecule is COc1ccc(C#N)c(O[C@H](CCN(C)C(=O)O)c2ccccc2)c1. The molecule has 6 heteroatoms.